The van der Waals surface area contributed by atoms with E-state index in [2.05, 4.69) is 15.0 Å². The monoisotopic (exact) mass is 220 g/mol. The lowest BCUT2D eigenvalue weighted by atomic mass is 10.3. The van der Waals surface area contributed by atoms with Gasteiger partial charge in [0.1, 0.15) is 17.6 Å². The summed E-state index contributed by atoms with van der Waals surface area (Å²) in [5.74, 6) is -0.234. The van der Waals surface area contributed by atoms with Gasteiger partial charge in [0.2, 0.25) is 0 Å². The van der Waals surface area contributed by atoms with Crippen molar-refractivity contribution in [3.63, 3.8) is 0 Å². The Morgan fingerprint density at radius 1 is 1.69 bits per heavy atom. The van der Waals surface area contributed by atoms with Crippen molar-refractivity contribution >= 4 is 17.3 Å². The number of hydrogen-bond donors (Lipinski definition) is 2. The molecule has 0 aliphatic heterocycles. The molecule has 0 aliphatic carbocycles. The van der Waals surface area contributed by atoms with Gasteiger partial charge in [0.15, 0.2) is 0 Å². The molecule has 6 heteroatoms. The first-order valence-corrected chi connectivity index (χ1v) is 4.87. The van der Waals surface area contributed by atoms with Crippen LogP contribution in [0.3, 0.4) is 0 Å². The second-order valence-corrected chi connectivity index (χ2v) is 3.31. The molecular weight excluding hydrogens is 208 g/mol. The van der Waals surface area contributed by atoms with Crippen LogP contribution in [0.5, 0.6) is 0 Å². The zero-order chi connectivity index (χ0) is 11.5. The summed E-state index contributed by atoms with van der Waals surface area (Å²) in [6.07, 6.45) is 4.52. The van der Waals surface area contributed by atoms with E-state index in [1.54, 1.807) is 16.8 Å². The molecule has 2 aromatic rings. The molecule has 0 radical (unpaired) electrons. The molecule has 2 aromatic heterocycles. The van der Waals surface area contributed by atoms with Crippen LogP contribution in [-0.4, -0.2) is 15.6 Å². The van der Waals surface area contributed by atoms with Crippen LogP contribution in [0.25, 0.3) is 0 Å². The number of rotatable bonds is 3. The normalized spacial score (nSPS) is 10.3. The SMILES string of the molecule is CCn1cc(N)cc1C(=O)Nc1cnoc1. The predicted octanol–water partition coefficient (Wildman–Crippen LogP) is 1.33. The average molecular weight is 220 g/mol. The fraction of sp³-hybridized carbons (Fsp3) is 0.200. The molecule has 0 unspecified atom stereocenters. The molecule has 16 heavy (non-hydrogen) atoms. The van der Waals surface area contributed by atoms with Gasteiger partial charge in [-0.15, -0.1) is 0 Å². The van der Waals surface area contributed by atoms with Crippen molar-refractivity contribution in [1.29, 1.82) is 0 Å². The van der Waals surface area contributed by atoms with E-state index in [1.807, 2.05) is 6.92 Å². The highest BCUT2D eigenvalue weighted by Gasteiger charge is 2.12. The topological polar surface area (TPSA) is 86.1 Å². The van der Waals surface area contributed by atoms with E-state index < -0.39 is 0 Å². The lowest BCUT2D eigenvalue weighted by molar-refractivity contribution is 0.101. The van der Waals surface area contributed by atoms with Crippen molar-refractivity contribution < 1.29 is 9.32 Å². The quantitative estimate of drug-likeness (QED) is 0.817. The van der Waals surface area contributed by atoms with Gasteiger partial charge in [-0.1, -0.05) is 5.16 Å². The zero-order valence-corrected chi connectivity index (χ0v) is 8.80. The van der Waals surface area contributed by atoms with Gasteiger partial charge in [-0.2, -0.15) is 0 Å². The summed E-state index contributed by atoms with van der Waals surface area (Å²) in [4.78, 5) is 11.8. The van der Waals surface area contributed by atoms with Gasteiger partial charge in [-0.25, -0.2) is 0 Å². The Kier molecular flexibility index (Phi) is 2.63. The van der Waals surface area contributed by atoms with Crippen LogP contribution < -0.4 is 11.1 Å². The standard InChI is InChI=1S/C10H12N4O2/c1-2-14-5-7(11)3-9(14)10(15)13-8-4-12-16-6-8/h3-6H,2,11H2,1H3,(H,13,15). The minimum atomic E-state index is -0.234. The molecule has 1 amide bonds. The van der Waals surface area contributed by atoms with Crippen LogP contribution in [0.1, 0.15) is 17.4 Å². The van der Waals surface area contributed by atoms with E-state index in [4.69, 9.17) is 5.73 Å². The maximum atomic E-state index is 11.8. The number of aromatic nitrogens is 2. The Hall–Kier alpha value is -2.24. The van der Waals surface area contributed by atoms with E-state index in [-0.39, 0.29) is 5.91 Å². The molecule has 0 atom stereocenters. The Morgan fingerprint density at radius 2 is 2.50 bits per heavy atom. The van der Waals surface area contributed by atoms with E-state index in [0.29, 0.717) is 23.6 Å². The Labute approximate surface area is 92.0 Å². The van der Waals surface area contributed by atoms with E-state index >= 15 is 0 Å². The van der Waals surface area contributed by atoms with Crippen molar-refractivity contribution in [3.05, 3.63) is 30.4 Å². The molecule has 3 N–H and O–H groups in total. The smallest absolute Gasteiger partial charge is 0.272 e. The Balaban J connectivity index is 2.20. The first-order chi connectivity index (χ1) is 7.70. The highest BCUT2D eigenvalue weighted by Crippen LogP contribution is 2.13. The third kappa shape index (κ3) is 1.90. The summed E-state index contributed by atoms with van der Waals surface area (Å²) < 4.78 is 6.39. The fourth-order valence-electron chi connectivity index (χ4n) is 1.45. The van der Waals surface area contributed by atoms with Crippen LogP contribution in [0.4, 0.5) is 11.4 Å². The molecule has 2 rings (SSSR count). The number of amides is 1. The summed E-state index contributed by atoms with van der Waals surface area (Å²) in [5, 5.41) is 6.15. The van der Waals surface area contributed by atoms with Gasteiger partial charge >= 0.3 is 0 Å². The summed E-state index contributed by atoms with van der Waals surface area (Å²) >= 11 is 0. The maximum Gasteiger partial charge on any atom is 0.272 e. The number of aryl methyl sites for hydroxylation is 1. The lowest BCUT2D eigenvalue weighted by Crippen LogP contribution is -2.15. The molecular formula is C10H12N4O2. The molecule has 2 heterocycles. The van der Waals surface area contributed by atoms with Gasteiger partial charge in [0, 0.05) is 12.7 Å². The van der Waals surface area contributed by atoms with Crippen molar-refractivity contribution in [2.24, 2.45) is 0 Å². The number of carbonyl (C=O) groups excluding carboxylic acids is 1. The molecule has 0 spiro atoms. The van der Waals surface area contributed by atoms with E-state index in [0.717, 1.165) is 0 Å². The number of nitrogen functional groups attached to an aromatic ring is 1. The fourth-order valence-corrected chi connectivity index (χ4v) is 1.45. The number of anilines is 2. The number of nitrogens with zero attached hydrogens (tertiary/aromatic N) is 2. The van der Waals surface area contributed by atoms with Crippen molar-refractivity contribution in [1.82, 2.24) is 9.72 Å². The molecule has 6 nitrogen and oxygen atoms in total. The molecule has 0 saturated heterocycles. The zero-order valence-electron chi connectivity index (χ0n) is 8.80. The molecule has 0 aromatic carbocycles. The first-order valence-electron chi connectivity index (χ1n) is 4.87. The minimum absolute atomic E-state index is 0.234. The van der Waals surface area contributed by atoms with Gasteiger partial charge in [0.25, 0.3) is 5.91 Å². The minimum Gasteiger partial charge on any atom is -0.397 e. The largest absolute Gasteiger partial charge is 0.397 e. The molecule has 84 valence electrons. The highest BCUT2D eigenvalue weighted by atomic mass is 16.5. The second kappa shape index (κ2) is 4.09. The number of carbonyl (C=O) groups is 1. The predicted molar refractivity (Wildman–Crippen MR) is 59.0 cm³/mol. The van der Waals surface area contributed by atoms with Crippen LogP contribution in [0.2, 0.25) is 0 Å². The summed E-state index contributed by atoms with van der Waals surface area (Å²) in [6.45, 7) is 2.62. The van der Waals surface area contributed by atoms with Crippen LogP contribution in [0, 0.1) is 0 Å². The van der Waals surface area contributed by atoms with Crippen molar-refractivity contribution in [3.8, 4) is 0 Å². The lowest BCUT2D eigenvalue weighted by Gasteiger charge is -2.04. The average Bonchev–Trinajstić information content (AvgIpc) is 2.86. The van der Waals surface area contributed by atoms with Crippen molar-refractivity contribution in [2.75, 3.05) is 11.1 Å². The number of nitrogens with one attached hydrogen (secondary N) is 1. The molecule has 0 aliphatic rings. The Bertz CT molecular complexity index is 487. The summed E-state index contributed by atoms with van der Waals surface area (Å²) in [7, 11) is 0. The second-order valence-electron chi connectivity index (χ2n) is 3.31. The number of nitrogens with two attached hydrogens (primary N) is 1. The Morgan fingerprint density at radius 3 is 3.12 bits per heavy atom. The van der Waals surface area contributed by atoms with Crippen LogP contribution in [0.15, 0.2) is 29.2 Å². The van der Waals surface area contributed by atoms with Crippen LogP contribution in [-0.2, 0) is 6.54 Å². The van der Waals surface area contributed by atoms with Gasteiger partial charge in [0.05, 0.1) is 11.9 Å². The highest BCUT2D eigenvalue weighted by molar-refractivity contribution is 6.03. The van der Waals surface area contributed by atoms with Crippen molar-refractivity contribution in [2.45, 2.75) is 13.5 Å². The molecule has 0 bridgehead atoms. The van der Waals surface area contributed by atoms with Gasteiger partial charge in [-0.05, 0) is 13.0 Å². The van der Waals surface area contributed by atoms with Gasteiger partial charge in [-0.3, -0.25) is 4.79 Å². The summed E-state index contributed by atoms with van der Waals surface area (Å²) in [6, 6.07) is 1.63. The van der Waals surface area contributed by atoms with Crippen LogP contribution >= 0.6 is 0 Å². The summed E-state index contributed by atoms with van der Waals surface area (Å²) in [5.41, 5.74) is 7.24. The van der Waals surface area contributed by atoms with E-state index in [9.17, 15) is 4.79 Å². The van der Waals surface area contributed by atoms with Gasteiger partial charge < -0.3 is 20.1 Å². The third-order valence-corrected chi connectivity index (χ3v) is 2.18. The molecule has 0 saturated carbocycles. The third-order valence-electron chi connectivity index (χ3n) is 2.18. The van der Waals surface area contributed by atoms with E-state index in [1.165, 1.54) is 12.5 Å². The number of hydrogen-bond acceptors (Lipinski definition) is 4. The maximum absolute atomic E-state index is 11.8. The first kappa shape index (κ1) is 10.3. The molecule has 0 fully saturated rings.